The summed E-state index contributed by atoms with van der Waals surface area (Å²) in [5.74, 6) is 1.03. The molecule has 2 rings (SSSR count). The van der Waals surface area contributed by atoms with Gasteiger partial charge in [-0.15, -0.1) is 11.3 Å². The van der Waals surface area contributed by atoms with E-state index in [0.717, 1.165) is 6.54 Å². The van der Waals surface area contributed by atoms with Gasteiger partial charge in [-0.3, -0.25) is 0 Å². The summed E-state index contributed by atoms with van der Waals surface area (Å²) in [6.07, 6.45) is 0. The van der Waals surface area contributed by atoms with Crippen LogP contribution < -0.4 is 10.2 Å². The molecule has 7 heteroatoms. The van der Waals surface area contributed by atoms with Gasteiger partial charge in [0.15, 0.2) is 0 Å². The summed E-state index contributed by atoms with van der Waals surface area (Å²) in [5, 5.41) is 5.09. The first-order valence-corrected chi connectivity index (χ1v) is 6.27. The second-order valence-electron chi connectivity index (χ2n) is 3.41. The summed E-state index contributed by atoms with van der Waals surface area (Å²) in [5.41, 5.74) is 0. The van der Waals surface area contributed by atoms with Crippen molar-refractivity contribution in [1.29, 1.82) is 0 Å². The summed E-state index contributed by atoms with van der Waals surface area (Å²) in [7, 11) is 3.67. The predicted octanol–water partition coefficient (Wildman–Crippen LogP) is 2.26. The fourth-order valence-corrected chi connectivity index (χ4v) is 2.24. The van der Waals surface area contributed by atoms with Crippen molar-refractivity contribution in [3.05, 3.63) is 27.7 Å². The van der Waals surface area contributed by atoms with Crippen LogP contribution in [0.15, 0.2) is 17.5 Å². The van der Waals surface area contributed by atoms with Crippen molar-refractivity contribution in [3.8, 4) is 0 Å². The number of anilines is 2. The van der Waals surface area contributed by atoms with Crippen LogP contribution >= 0.6 is 22.9 Å². The molecule has 0 aliphatic rings. The van der Waals surface area contributed by atoms with Crippen LogP contribution in [0.1, 0.15) is 4.88 Å². The number of halogens is 1. The molecule has 0 atom stereocenters. The molecule has 17 heavy (non-hydrogen) atoms. The molecule has 2 aromatic rings. The van der Waals surface area contributed by atoms with Crippen molar-refractivity contribution in [3.63, 3.8) is 0 Å². The highest BCUT2D eigenvalue weighted by molar-refractivity contribution is 7.09. The maximum absolute atomic E-state index is 5.83. The van der Waals surface area contributed by atoms with Crippen LogP contribution in [0, 0.1) is 0 Å². The Bertz CT molecular complexity index is 487. The Morgan fingerprint density at radius 3 is 2.88 bits per heavy atom. The average molecular weight is 270 g/mol. The molecular formula is C10H12ClN5S. The minimum Gasteiger partial charge on any atom is -0.357 e. The minimum absolute atomic E-state index is 0.192. The lowest BCUT2D eigenvalue weighted by Gasteiger charge is -2.16. The Morgan fingerprint density at radius 2 is 2.24 bits per heavy atom. The van der Waals surface area contributed by atoms with E-state index in [-0.39, 0.29) is 5.28 Å². The van der Waals surface area contributed by atoms with E-state index < -0.39 is 0 Å². The van der Waals surface area contributed by atoms with Gasteiger partial charge >= 0.3 is 0 Å². The van der Waals surface area contributed by atoms with Gasteiger partial charge in [0.05, 0.1) is 6.54 Å². The number of thiophene rings is 1. The molecular weight excluding hydrogens is 258 g/mol. The van der Waals surface area contributed by atoms with Gasteiger partial charge in [0.1, 0.15) is 0 Å². The van der Waals surface area contributed by atoms with E-state index in [0.29, 0.717) is 11.9 Å². The van der Waals surface area contributed by atoms with Crippen molar-refractivity contribution < 1.29 is 0 Å². The van der Waals surface area contributed by atoms with Gasteiger partial charge in [0.25, 0.3) is 0 Å². The predicted molar refractivity (Wildman–Crippen MR) is 70.8 cm³/mol. The van der Waals surface area contributed by atoms with Crippen molar-refractivity contribution in [2.45, 2.75) is 6.54 Å². The Balaban J connectivity index is 2.18. The number of hydrogen-bond donors (Lipinski definition) is 1. The molecule has 0 aliphatic heterocycles. The fraction of sp³-hybridized carbons (Fsp3) is 0.300. The van der Waals surface area contributed by atoms with Crippen molar-refractivity contribution in [1.82, 2.24) is 15.0 Å². The third-order valence-electron chi connectivity index (χ3n) is 2.13. The summed E-state index contributed by atoms with van der Waals surface area (Å²) in [6, 6.07) is 4.09. The lowest BCUT2D eigenvalue weighted by molar-refractivity contribution is 0.864. The van der Waals surface area contributed by atoms with Gasteiger partial charge in [-0.2, -0.15) is 15.0 Å². The zero-order valence-electron chi connectivity index (χ0n) is 9.51. The van der Waals surface area contributed by atoms with Crippen LogP contribution in [0.25, 0.3) is 0 Å². The lowest BCUT2D eigenvalue weighted by atomic mass is 10.4. The molecule has 1 N–H and O–H groups in total. The number of nitrogens with one attached hydrogen (secondary N) is 1. The molecule has 0 aromatic carbocycles. The molecule has 90 valence electrons. The highest BCUT2D eigenvalue weighted by atomic mass is 35.5. The molecule has 0 bridgehead atoms. The smallest absolute Gasteiger partial charge is 0.231 e. The van der Waals surface area contributed by atoms with Crippen LogP contribution in [-0.2, 0) is 6.54 Å². The normalized spacial score (nSPS) is 10.3. The van der Waals surface area contributed by atoms with Crippen LogP contribution in [0.2, 0.25) is 5.28 Å². The molecule has 0 aliphatic carbocycles. The van der Waals surface area contributed by atoms with Crippen molar-refractivity contribution >= 4 is 34.8 Å². The summed E-state index contributed by atoms with van der Waals surface area (Å²) in [4.78, 5) is 15.5. The summed E-state index contributed by atoms with van der Waals surface area (Å²) < 4.78 is 0. The number of nitrogens with zero attached hydrogens (tertiary/aromatic N) is 4. The fourth-order valence-electron chi connectivity index (χ4n) is 1.33. The van der Waals surface area contributed by atoms with Gasteiger partial charge in [-0.1, -0.05) is 6.07 Å². The maximum Gasteiger partial charge on any atom is 0.231 e. The van der Waals surface area contributed by atoms with Crippen molar-refractivity contribution in [2.24, 2.45) is 0 Å². The van der Waals surface area contributed by atoms with E-state index in [1.807, 2.05) is 23.4 Å². The van der Waals surface area contributed by atoms with Gasteiger partial charge in [0, 0.05) is 19.0 Å². The number of aromatic nitrogens is 3. The molecule has 0 amide bonds. The standard InChI is InChI=1S/C10H12ClN5S/c1-12-9-13-8(11)14-10(15-9)16(2)6-7-4-3-5-17-7/h3-5H,6H2,1-2H3,(H,12,13,14,15). The first kappa shape index (κ1) is 12.1. The van der Waals surface area contributed by atoms with E-state index in [1.54, 1.807) is 18.4 Å². The van der Waals surface area contributed by atoms with Crippen LogP contribution in [0.5, 0.6) is 0 Å². The maximum atomic E-state index is 5.83. The Morgan fingerprint density at radius 1 is 1.41 bits per heavy atom. The molecule has 0 unspecified atom stereocenters. The molecule has 0 spiro atoms. The van der Waals surface area contributed by atoms with E-state index in [4.69, 9.17) is 11.6 Å². The van der Waals surface area contributed by atoms with Gasteiger partial charge in [0.2, 0.25) is 17.2 Å². The molecule has 0 saturated carbocycles. The second kappa shape index (κ2) is 5.29. The van der Waals surface area contributed by atoms with Crippen LogP contribution in [-0.4, -0.2) is 29.0 Å². The molecule has 2 aromatic heterocycles. The summed E-state index contributed by atoms with van der Waals surface area (Å²) >= 11 is 7.53. The topological polar surface area (TPSA) is 53.9 Å². The second-order valence-corrected chi connectivity index (χ2v) is 4.78. The largest absolute Gasteiger partial charge is 0.357 e. The average Bonchev–Trinajstić information content (AvgIpc) is 2.81. The molecule has 5 nitrogen and oxygen atoms in total. The first-order chi connectivity index (χ1) is 8.19. The van der Waals surface area contributed by atoms with Crippen molar-refractivity contribution in [2.75, 3.05) is 24.3 Å². The van der Waals surface area contributed by atoms with E-state index in [2.05, 4.69) is 26.3 Å². The minimum atomic E-state index is 0.192. The highest BCUT2D eigenvalue weighted by Gasteiger charge is 2.09. The SMILES string of the molecule is CNc1nc(Cl)nc(N(C)Cc2cccs2)n1. The van der Waals surface area contributed by atoms with Crippen LogP contribution in [0.3, 0.4) is 0 Å². The summed E-state index contributed by atoms with van der Waals surface area (Å²) in [6.45, 7) is 0.751. The van der Waals surface area contributed by atoms with Gasteiger partial charge in [-0.05, 0) is 23.0 Å². The number of rotatable bonds is 4. The van der Waals surface area contributed by atoms with E-state index in [1.165, 1.54) is 4.88 Å². The van der Waals surface area contributed by atoms with Gasteiger partial charge < -0.3 is 10.2 Å². The van der Waals surface area contributed by atoms with E-state index >= 15 is 0 Å². The van der Waals surface area contributed by atoms with E-state index in [9.17, 15) is 0 Å². The van der Waals surface area contributed by atoms with Crippen LogP contribution in [0.4, 0.5) is 11.9 Å². The Kier molecular flexibility index (Phi) is 3.75. The third kappa shape index (κ3) is 3.04. The number of hydrogen-bond acceptors (Lipinski definition) is 6. The molecule has 0 radical (unpaired) electrons. The Hall–Kier alpha value is -1.40. The monoisotopic (exact) mass is 269 g/mol. The zero-order valence-corrected chi connectivity index (χ0v) is 11.1. The highest BCUT2D eigenvalue weighted by Crippen LogP contribution is 2.16. The lowest BCUT2D eigenvalue weighted by Crippen LogP contribution is -2.19. The molecule has 0 fully saturated rings. The molecule has 2 heterocycles. The zero-order chi connectivity index (χ0) is 12.3. The Labute approximate surface area is 108 Å². The van der Waals surface area contributed by atoms with Gasteiger partial charge in [-0.25, -0.2) is 0 Å². The quantitative estimate of drug-likeness (QED) is 0.923. The first-order valence-electron chi connectivity index (χ1n) is 5.02. The molecule has 0 saturated heterocycles. The third-order valence-corrected chi connectivity index (χ3v) is 3.16.